The van der Waals surface area contributed by atoms with E-state index in [1.165, 1.54) is 0 Å². The molecule has 0 rings (SSSR count). The Balaban J connectivity index is 5.22. The molecule has 0 radical (unpaired) electrons. The van der Waals surface area contributed by atoms with Gasteiger partial charge in [0.2, 0.25) is 0 Å². The molecule has 0 bridgehead atoms. The van der Waals surface area contributed by atoms with Gasteiger partial charge in [0.25, 0.3) is 0 Å². The molecule has 1 atom stereocenters. The highest BCUT2D eigenvalue weighted by atomic mass is 16.5. The maximum absolute atomic E-state index is 12.3. The Morgan fingerprint density at radius 1 is 0.900 bits per heavy atom. The van der Waals surface area contributed by atoms with E-state index in [1.807, 2.05) is 55.4 Å². The van der Waals surface area contributed by atoms with Gasteiger partial charge in [0.15, 0.2) is 0 Å². The summed E-state index contributed by atoms with van der Waals surface area (Å²) in [5, 5.41) is 0. The molecule has 1 unspecified atom stereocenters. The SMILES string of the molecule is CC(C)OC(=O)C(CC(=O)C(C)C)N(C(C)C)C(C)C. The maximum Gasteiger partial charge on any atom is 0.324 e. The molecule has 0 aliphatic heterocycles. The van der Waals surface area contributed by atoms with E-state index in [2.05, 4.69) is 4.90 Å². The number of esters is 1. The van der Waals surface area contributed by atoms with Crippen molar-refractivity contribution in [3.63, 3.8) is 0 Å². The van der Waals surface area contributed by atoms with Crippen LogP contribution in [0.2, 0.25) is 0 Å². The van der Waals surface area contributed by atoms with Crippen LogP contribution in [-0.4, -0.2) is 40.9 Å². The summed E-state index contributed by atoms with van der Waals surface area (Å²) in [5.74, 6) is -0.260. The fraction of sp³-hybridized carbons (Fsp3) is 0.875. The van der Waals surface area contributed by atoms with Gasteiger partial charge in [-0.2, -0.15) is 0 Å². The van der Waals surface area contributed by atoms with Crippen LogP contribution in [-0.2, 0) is 14.3 Å². The Hall–Kier alpha value is -0.900. The van der Waals surface area contributed by atoms with Gasteiger partial charge < -0.3 is 4.74 Å². The first-order chi connectivity index (χ1) is 9.07. The molecule has 0 heterocycles. The Labute approximate surface area is 123 Å². The summed E-state index contributed by atoms with van der Waals surface area (Å²) < 4.78 is 5.34. The predicted molar refractivity (Wildman–Crippen MR) is 81.6 cm³/mol. The number of Topliss-reactive ketones (excluding diaryl/α,β-unsaturated/α-hetero) is 1. The predicted octanol–water partition coefficient (Wildman–Crippen LogP) is 3.04. The van der Waals surface area contributed by atoms with Gasteiger partial charge in [-0.05, 0) is 41.5 Å². The number of ether oxygens (including phenoxy) is 1. The fourth-order valence-corrected chi connectivity index (χ4v) is 2.36. The van der Waals surface area contributed by atoms with Crippen LogP contribution in [0, 0.1) is 5.92 Å². The zero-order chi connectivity index (χ0) is 16.0. The van der Waals surface area contributed by atoms with E-state index < -0.39 is 6.04 Å². The molecule has 4 heteroatoms. The molecule has 0 spiro atoms. The average molecular weight is 285 g/mol. The number of rotatable bonds is 8. The molecule has 0 aliphatic carbocycles. The van der Waals surface area contributed by atoms with Gasteiger partial charge >= 0.3 is 5.97 Å². The lowest BCUT2D eigenvalue weighted by molar-refractivity contribution is -0.157. The second kappa shape index (κ2) is 8.40. The van der Waals surface area contributed by atoms with Crippen LogP contribution in [0.25, 0.3) is 0 Å². The van der Waals surface area contributed by atoms with Crippen LogP contribution in [0.3, 0.4) is 0 Å². The van der Waals surface area contributed by atoms with Crippen LogP contribution in [0.1, 0.15) is 61.8 Å². The molecule has 0 N–H and O–H groups in total. The van der Waals surface area contributed by atoms with Gasteiger partial charge in [-0.25, -0.2) is 0 Å². The Morgan fingerprint density at radius 2 is 1.35 bits per heavy atom. The summed E-state index contributed by atoms with van der Waals surface area (Å²) in [5.41, 5.74) is 0. The lowest BCUT2D eigenvalue weighted by atomic mass is 9.98. The number of hydrogen-bond donors (Lipinski definition) is 0. The average Bonchev–Trinajstić information content (AvgIpc) is 2.25. The zero-order valence-electron chi connectivity index (χ0n) is 14.3. The second-order valence-corrected chi connectivity index (χ2v) is 6.46. The molecule has 118 valence electrons. The first-order valence-corrected chi connectivity index (χ1v) is 7.58. The van der Waals surface area contributed by atoms with Gasteiger partial charge in [0.05, 0.1) is 6.10 Å². The normalized spacial score (nSPS) is 13.7. The van der Waals surface area contributed by atoms with Crippen molar-refractivity contribution in [3.8, 4) is 0 Å². The van der Waals surface area contributed by atoms with Gasteiger partial charge in [0.1, 0.15) is 11.8 Å². The smallest absolute Gasteiger partial charge is 0.324 e. The lowest BCUT2D eigenvalue weighted by Crippen LogP contribution is -2.51. The minimum atomic E-state index is -0.493. The molecule has 0 aromatic rings. The van der Waals surface area contributed by atoms with Crippen LogP contribution in [0.5, 0.6) is 0 Å². The highest BCUT2D eigenvalue weighted by Crippen LogP contribution is 2.18. The molecule has 0 saturated carbocycles. The van der Waals surface area contributed by atoms with E-state index >= 15 is 0 Å². The van der Waals surface area contributed by atoms with Gasteiger partial charge in [-0.3, -0.25) is 14.5 Å². The molecule has 0 fully saturated rings. The second-order valence-electron chi connectivity index (χ2n) is 6.46. The zero-order valence-corrected chi connectivity index (χ0v) is 14.3. The number of ketones is 1. The molecule has 0 aromatic carbocycles. The van der Waals surface area contributed by atoms with E-state index in [1.54, 1.807) is 0 Å². The first kappa shape index (κ1) is 19.1. The summed E-state index contributed by atoms with van der Waals surface area (Å²) >= 11 is 0. The molecule has 0 saturated heterocycles. The van der Waals surface area contributed by atoms with Crippen LogP contribution in [0.4, 0.5) is 0 Å². The molecule has 0 aliphatic rings. The number of carbonyl (C=O) groups excluding carboxylic acids is 2. The summed E-state index contributed by atoms with van der Waals surface area (Å²) in [6.07, 6.45) is 0.0554. The lowest BCUT2D eigenvalue weighted by Gasteiger charge is -2.37. The first-order valence-electron chi connectivity index (χ1n) is 7.58. The number of carbonyl (C=O) groups is 2. The molecule has 0 aromatic heterocycles. The maximum atomic E-state index is 12.3. The quantitative estimate of drug-likeness (QED) is 0.643. The number of nitrogens with zero attached hydrogens (tertiary/aromatic N) is 1. The monoisotopic (exact) mass is 285 g/mol. The van der Waals surface area contributed by atoms with Crippen LogP contribution >= 0.6 is 0 Å². The third kappa shape index (κ3) is 6.04. The van der Waals surface area contributed by atoms with Crippen molar-refractivity contribution in [2.24, 2.45) is 5.92 Å². The molecule has 4 nitrogen and oxygen atoms in total. The van der Waals surface area contributed by atoms with E-state index in [4.69, 9.17) is 4.74 Å². The van der Waals surface area contributed by atoms with Gasteiger partial charge in [0, 0.05) is 24.4 Å². The van der Waals surface area contributed by atoms with Crippen LogP contribution in [0.15, 0.2) is 0 Å². The minimum absolute atomic E-state index is 0.0643. The van der Waals surface area contributed by atoms with Gasteiger partial charge in [-0.15, -0.1) is 0 Å². The summed E-state index contributed by atoms with van der Waals surface area (Å²) in [4.78, 5) is 26.5. The topological polar surface area (TPSA) is 46.6 Å². The Kier molecular flexibility index (Phi) is 8.02. The van der Waals surface area contributed by atoms with E-state index in [0.29, 0.717) is 0 Å². The van der Waals surface area contributed by atoms with Crippen molar-refractivity contribution in [1.82, 2.24) is 4.90 Å². The van der Waals surface area contributed by atoms with E-state index in [-0.39, 0.29) is 42.3 Å². The Morgan fingerprint density at radius 3 is 1.65 bits per heavy atom. The summed E-state index contributed by atoms with van der Waals surface area (Å²) in [6.45, 7) is 15.5. The standard InChI is InChI=1S/C16H31NO3/c1-10(2)15(18)9-14(16(19)20-13(7)8)17(11(3)4)12(5)6/h10-14H,9H2,1-8H3. The van der Waals surface area contributed by atoms with E-state index in [0.717, 1.165) is 0 Å². The third-order valence-electron chi connectivity index (χ3n) is 3.21. The highest BCUT2D eigenvalue weighted by Gasteiger charge is 2.33. The van der Waals surface area contributed by atoms with Crippen molar-refractivity contribution >= 4 is 11.8 Å². The molecule has 20 heavy (non-hydrogen) atoms. The summed E-state index contributed by atoms with van der Waals surface area (Å²) in [6, 6.07) is -0.133. The van der Waals surface area contributed by atoms with Crippen molar-refractivity contribution in [3.05, 3.63) is 0 Å². The highest BCUT2D eigenvalue weighted by molar-refractivity contribution is 5.87. The summed E-state index contributed by atoms with van der Waals surface area (Å²) in [7, 11) is 0. The van der Waals surface area contributed by atoms with Crippen LogP contribution < -0.4 is 0 Å². The Bertz CT molecular complexity index is 314. The van der Waals surface area contributed by atoms with Crippen molar-refractivity contribution in [1.29, 1.82) is 0 Å². The van der Waals surface area contributed by atoms with Crippen molar-refractivity contribution in [2.45, 2.75) is 86.0 Å². The molecular formula is C16H31NO3. The fourth-order valence-electron chi connectivity index (χ4n) is 2.36. The molecule has 0 amide bonds. The van der Waals surface area contributed by atoms with Gasteiger partial charge in [-0.1, -0.05) is 13.8 Å². The minimum Gasteiger partial charge on any atom is -0.462 e. The van der Waals surface area contributed by atoms with E-state index in [9.17, 15) is 9.59 Å². The third-order valence-corrected chi connectivity index (χ3v) is 3.21. The van der Waals surface area contributed by atoms with Crippen molar-refractivity contribution in [2.75, 3.05) is 0 Å². The largest absolute Gasteiger partial charge is 0.462 e. The van der Waals surface area contributed by atoms with Crippen molar-refractivity contribution < 1.29 is 14.3 Å². The number of hydrogen-bond acceptors (Lipinski definition) is 4. The molecular weight excluding hydrogens is 254 g/mol.